The summed E-state index contributed by atoms with van der Waals surface area (Å²) in [5.74, 6) is -0.351. The van der Waals surface area contributed by atoms with E-state index in [2.05, 4.69) is 31.1 Å². The van der Waals surface area contributed by atoms with Gasteiger partial charge in [0.1, 0.15) is 11.8 Å². The average Bonchev–Trinajstić information content (AvgIpc) is 3.08. The van der Waals surface area contributed by atoms with Crippen molar-refractivity contribution in [1.29, 1.82) is 0 Å². The van der Waals surface area contributed by atoms with Gasteiger partial charge in [-0.1, -0.05) is 5.16 Å². The van der Waals surface area contributed by atoms with Crippen molar-refractivity contribution in [3.8, 4) is 11.5 Å². The fourth-order valence-corrected chi connectivity index (χ4v) is 2.45. The van der Waals surface area contributed by atoms with Crippen molar-refractivity contribution in [3.05, 3.63) is 28.7 Å². The molecular formula is C12H10BrN3O4. The Morgan fingerprint density at radius 1 is 1.45 bits per heavy atom. The zero-order valence-corrected chi connectivity index (χ0v) is 11.8. The molecule has 2 aromatic heterocycles. The summed E-state index contributed by atoms with van der Waals surface area (Å²) < 4.78 is 11.3. The molecule has 104 valence electrons. The number of carbonyl (C=O) groups is 1. The van der Waals surface area contributed by atoms with E-state index in [1.165, 1.54) is 0 Å². The highest BCUT2D eigenvalue weighted by molar-refractivity contribution is 9.10. The highest BCUT2D eigenvalue weighted by atomic mass is 79.9. The summed E-state index contributed by atoms with van der Waals surface area (Å²) in [5, 5.41) is 12.7. The zero-order valence-electron chi connectivity index (χ0n) is 10.2. The van der Waals surface area contributed by atoms with Gasteiger partial charge in [0, 0.05) is 10.7 Å². The summed E-state index contributed by atoms with van der Waals surface area (Å²) in [4.78, 5) is 19.2. The van der Waals surface area contributed by atoms with E-state index in [0.717, 1.165) is 4.47 Å². The Kier molecular flexibility index (Phi) is 3.49. The molecule has 3 rings (SSSR count). The van der Waals surface area contributed by atoms with Gasteiger partial charge in [0.2, 0.25) is 5.82 Å². The number of aliphatic carboxylic acids is 1. The summed E-state index contributed by atoms with van der Waals surface area (Å²) >= 11 is 3.36. The van der Waals surface area contributed by atoms with Crippen LogP contribution in [0.2, 0.25) is 0 Å². The SMILES string of the molecule is O=C(O)C1CCC(c2nc(-c3ncccc3Br)no2)O1. The highest BCUT2D eigenvalue weighted by Gasteiger charge is 2.34. The van der Waals surface area contributed by atoms with Crippen LogP contribution in [0.1, 0.15) is 24.8 Å². The normalized spacial score (nSPS) is 22.1. The van der Waals surface area contributed by atoms with Gasteiger partial charge in [-0.2, -0.15) is 4.98 Å². The molecule has 2 unspecified atom stereocenters. The molecule has 1 saturated heterocycles. The molecule has 0 aromatic carbocycles. The Hall–Kier alpha value is -1.80. The van der Waals surface area contributed by atoms with Crippen LogP contribution in [0.4, 0.5) is 0 Å². The predicted molar refractivity (Wildman–Crippen MR) is 69.7 cm³/mol. The van der Waals surface area contributed by atoms with Crippen molar-refractivity contribution in [1.82, 2.24) is 15.1 Å². The number of carboxylic acids is 1. The van der Waals surface area contributed by atoms with Crippen LogP contribution in [0.5, 0.6) is 0 Å². The first-order valence-corrected chi connectivity index (χ1v) is 6.77. The lowest BCUT2D eigenvalue weighted by molar-refractivity contribution is -0.150. The van der Waals surface area contributed by atoms with Crippen molar-refractivity contribution in [2.45, 2.75) is 25.0 Å². The van der Waals surface area contributed by atoms with E-state index in [4.69, 9.17) is 14.4 Å². The first-order chi connectivity index (χ1) is 9.65. The molecule has 1 fully saturated rings. The van der Waals surface area contributed by atoms with Gasteiger partial charge in [-0.25, -0.2) is 4.79 Å². The second-order valence-corrected chi connectivity index (χ2v) is 5.17. The Bertz CT molecular complexity index is 645. The second-order valence-electron chi connectivity index (χ2n) is 4.32. The van der Waals surface area contributed by atoms with E-state index in [1.807, 2.05) is 6.07 Å². The van der Waals surface area contributed by atoms with Gasteiger partial charge >= 0.3 is 5.97 Å². The minimum Gasteiger partial charge on any atom is -0.479 e. The molecule has 0 aliphatic carbocycles. The van der Waals surface area contributed by atoms with Crippen molar-refractivity contribution in [2.24, 2.45) is 0 Å². The van der Waals surface area contributed by atoms with Gasteiger partial charge in [0.25, 0.3) is 5.89 Å². The number of pyridine rings is 1. The molecule has 2 aromatic rings. The molecule has 0 saturated carbocycles. The number of ether oxygens (including phenoxy) is 1. The van der Waals surface area contributed by atoms with Gasteiger partial charge in [0.05, 0.1) is 0 Å². The minimum absolute atomic E-state index is 0.279. The van der Waals surface area contributed by atoms with Crippen LogP contribution in [0.25, 0.3) is 11.5 Å². The van der Waals surface area contributed by atoms with E-state index < -0.39 is 18.2 Å². The van der Waals surface area contributed by atoms with Crippen molar-refractivity contribution >= 4 is 21.9 Å². The lowest BCUT2D eigenvalue weighted by Gasteiger charge is -2.05. The topological polar surface area (TPSA) is 98.3 Å². The number of carboxylic acid groups (broad SMARTS) is 1. The van der Waals surface area contributed by atoms with E-state index >= 15 is 0 Å². The Morgan fingerprint density at radius 3 is 3.00 bits per heavy atom. The third-order valence-corrected chi connectivity index (χ3v) is 3.62. The maximum Gasteiger partial charge on any atom is 0.332 e. The molecule has 0 amide bonds. The third-order valence-electron chi connectivity index (χ3n) is 2.98. The second kappa shape index (κ2) is 5.29. The Labute approximate surface area is 122 Å². The van der Waals surface area contributed by atoms with Gasteiger partial charge in [0.15, 0.2) is 6.10 Å². The quantitative estimate of drug-likeness (QED) is 0.914. The van der Waals surface area contributed by atoms with Crippen molar-refractivity contribution in [3.63, 3.8) is 0 Å². The molecule has 1 N–H and O–H groups in total. The summed E-state index contributed by atoms with van der Waals surface area (Å²) in [6.45, 7) is 0. The minimum atomic E-state index is -0.972. The number of aromatic nitrogens is 3. The predicted octanol–water partition coefficient (Wildman–Crippen LogP) is 2.20. The summed E-state index contributed by atoms with van der Waals surface area (Å²) in [5.41, 5.74) is 0.565. The monoisotopic (exact) mass is 339 g/mol. The van der Waals surface area contributed by atoms with Crippen LogP contribution in [-0.4, -0.2) is 32.3 Å². The van der Waals surface area contributed by atoms with E-state index in [-0.39, 0.29) is 5.89 Å². The maximum atomic E-state index is 10.8. The maximum absolute atomic E-state index is 10.8. The fraction of sp³-hybridized carbons (Fsp3) is 0.333. The third kappa shape index (κ3) is 2.44. The number of hydrogen-bond acceptors (Lipinski definition) is 6. The summed E-state index contributed by atoms with van der Waals surface area (Å²) in [6.07, 6.45) is 1.33. The smallest absolute Gasteiger partial charge is 0.332 e. The number of halogens is 1. The van der Waals surface area contributed by atoms with E-state index in [9.17, 15) is 4.79 Å². The van der Waals surface area contributed by atoms with Gasteiger partial charge in [-0.3, -0.25) is 4.98 Å². The molecule has 8 heteroatoms. The highest BCUT2D eigenvalue weighted by Crippen LogP contribution is 2.33. The first-order valence-electron chi connectivity index (χ1n) is 5.98. The molecule has 1 aliphatic heterocycles. The molecule has 2 atom stereocenters. The lowest BCUT2D eigenvalue weighted by atomic mass is 10.2. The molecule has 0 bridgehead atoms. The van der Waals surface area contributed by atoms with Gasteiger partial charge in [-0.05, 0) is 40.9 Å². The fourth-order valence-electron chi connectivity index (χ4n) is 2.01. The van der Waals surface area contributed by atoms with Crippen molar-refractivity contribution < 1.29 is 19.2 Å². The van der Waals surface area contributed by atoms with Gasteiger partial charge in [-0.15, -0.1) is 0 Å². The van der Waals surface area contributed by atoms with Crippen LogP contribution in [0, 0.1) is 0 Å². The van der Waals surface area contributed by atoms with Crippen LogP contribution >= 0.6 is 15.9 Å². The summed E-state index contributed by atoms with van der Waals surface area (Å²) in [7, 11) is 0. The summed E-state index contributed by atoms with van der Waals surface area (Å²) in [6, 6.07) is 3.61. The Morgan fingerprint density at radius 2 is 2.30 bits per heavy atom. The molecule has 20 heavy (non-hydrogen) atoms. The van der Waals surface area contributed by atoms with Crippen molar-refractivity contribution in [2.75, 3.05) is 0 Å². The van der Waals surface area contributed by atoms with Gasteiger partial charge < -0.3 is 14.4 Å². The molecular weight excluding hydrogens is 330 g/mol. The molecule has 3 heterocycles. The zero-order chi connectivity index (χ0) is 14.1. The molecule has 1 aliphatic rings. The molecule has 7 nitrogen and oxygen atoms in total. The number of nitrogens with zero attached hydrogens (tertiary/aromatic N) is 3. The number of hydrogen-bond donors (Lipinski definition) is 1. The molecule has 0 spiro atoms. The standard InChI is InChI=1S/C12H10BrN3O4/c13-6-2-1-5-14-9(6)10-15-11(20-16-10)7-3-4-8(19-7)12(17)18/h1-2,5,7-8H,3-4H2,(H,17,18). The van der Waals surface area contributed by atoms with Crippen LogP contribution in [0.3, 0.4) is 0 Å². The lowest BCUT2D eigenvalue weighted by Crippen LogP contribution is -2.18. The van der Waals surface area contributed by atoms with Crippen LogP contribution < -0.4 is 0 Å². The average molecular weight is 340 g/mol. The van der Waals surface area contributed by atoms with Crippen LogP contribution in [-0.2, 0) is 9.53 Å². The first kappa shape index (κ1) is 13.2. The van der Waals surface area contributed by atoms with E-state index in [1.54, 1.807) is 12.3 Å². The molecule has 0 radical (unpaired) electrons. The number of rotatable bonds is 3. The largest absolute Gasteiger partial charge is 0.479 e. The Balaban J connectivity index is 1.81. The van der Waals surface area contributed by atoms with Crippen LogP contribution in [0.15, 0.2) is 27.3 Å². The van der Waals surface area contributed by atoms with E-state index in [0.29, 0.717) is 24.4 Å².